The van der Waals surface area contributed by atoms with Crippen LogP contribution >= 0.6 is 0 Å². The second-order valence-corrected chi connectivity index (χ2v) is 3.80. The normalized spacial score (nSPS) is 41.1. The molecule has 0 nitrogen and oxygen atoms in total. The average molecular weight is 138 g/mol. The van der Waals surface area contributed by atoms with Crippen molar-refractivity contribution in [3.63, 3.8) is 0 Å². The van der Waals surface area contributed by atoms with Crippen LogP contribution in [0, 0.1) is 17.8 Å². The molecule has 0 fully saturated rings. The summed E-state index contributed by atoms with van der Waals surface area (Å²) in [5, 5.41) is 0. The van der Waals surface area contributed by atoms with Crippen LogP contribution in [0.4, 0.5) is 0 Å². The summed E-state index contributed by atoms with van der Waals surface area (Å²) >= 11 is 0. The molecule has 0 saturated heterocycles. The molecule has 0 spiro atoms. The molecule has 1 aliphatic carbocycles. The minimum atomic E-state index is 0.815. The Labute approximate surface area is 64.3 Å². The van der Waals surface area contributed by atoms with Crippen molar-refractivity contribution in [1.82, 2.24) is 0 Å². The molecule has 58 valence electrons. The van der Waals surface area contributed by atoms with E-state index in [0.717, 1.165) is 17.8 Å². The van der Waals surface area contributed by atoms with Crippen molar-refractivity contribution in [2.45, 2.75) is 34.6 Å². The van der Waals surface area contributed by atoms with Gasteiger partial charge in [-0.3, -0.25) is 0 Å². The van der Waals surface area contributed by atoms with Crippen molar-refractivity contribution in [2.24, 2.45) is 17.8 Å². The lowest BCUT2D eigenvalue weighted by Crippen LogP contribution is -2.08. The third kappa shape index (κ3) is 0.902. The Morgan fingerprint density at radius 2 is 1.10 bits per heavy atom. The van der Waals surface area contributed by atoms with Crippen molar-refractivity contribution in [2.75, 3.05) is 0 Å². The van der Waals surface area contributed by atoms with Crippen LogP contribution in [0.15, 0.2) is 11.1 Å². The van der Waals surface area contributed by atoms with Crippen LogP contribution < -0.4 is 0 Å². The highest BCUT2D eigenvalue weighted by Crippen LogP contribution is 2.40. The quantitative estimate of drug-likeness (QED) is 0.451. The molecule has 2 unspecified atom stereocenters. The van der Waals surface area contributed by atoms with Gasteiger partial charge in [0.1, 0.15) is 0 Å². The fraction of sp³-hybridized carbons (Fsp3) is 0.800. The topological polar surface area (TPSA) is 0 Å². The maximum absolute atomic E-state index is 2.36. The van der Waals surface area contributed by atoms with E-state index in [1.807, 2.05) is 0 Å². The second-order valence-electron chi connectivity index (χ2n) is 3.80. The third-order valence-electron chi connectivity index (χ3n) is 3.57. The van der Waals surface area contributed by atoms with Crippen molar-refractivity contribution >= 4 is 0 Å². The van der Waals surface area contributed by atoms with Crippen molar-refractivity contribution < 1.29 is 0 Å². The van der Waals surface area contributed by atoms with E-state index in [1.54, 1.807) is 11.1 Å². The summed E-state index contributed by atoms with van der Waals surface area (Å²) in [6.45, 7) is 11.6. The fourth-order valence-electron chi connectivity index (χ4n) is 1.94. The fourth-order valence-corrected chi connectivity index (χ4v) is 1.94. The van der Waals surface area contributed by atoms with Gasteiger partial charge >= 0.3 is 0 Å². The largest absolute Gasteiger partial charge is 0.0710 e. The van der Waals surface area contributed by atoms with Gasteiger partial charge in [0.2, 0.25) is 0 Å². The van der Waals surface area contributed by atoms with Crippen LogP contribution in [0.25, 0.3) is 0 Å². The molecule has 0 amide bonds. The van der Waals surface area contributed by atoms with Crippen LogP contribution in [0.2, 0.25) is 0 Å². The zero-order chi connectivity index (χ0) is 7.89. The molecule has 0 bridgehead atoms. The van der Waals surface area contributed by atoms with Gasteiger partial charge in [0.15, 0.2) is 0 Å². The number of hydrogen-bond acceptors (Lipinski definition) is 0. The Morgan fingerprint density at radius 3 is 1.20 bits per heavy atom. The highest BCUT2D eigenvalue weighted by molar-refractivity contribution is 5.22. The molecule has 0 radical (unpaired) electrons. The Morgan fingerprint density at radius 1 is 0.800 bits per heavy atom. The average Bonchev–Trinajstić information content (AvgIpc) is 2.07. The number of hydrogen-bond donors (Lipinski definition) is 0. The Balaban J connectivity index is 2.88. The predicted octanol–water partition coefficient (Wildman–Crippen LogP) is 3.24. The number of allylic oxidation sites excluding steroid dienone is 2. The zero-order valence-electron chi connectivity index (χ0n) is 7.73. The predicted molar refractivity (Wildman–Crippen MR) is 45.9 cm³/mol. The summed E-state index contributed by atoms with van der Waals surface area (Å²) in [5.41, 5.74) is 3.25. The van der Waals surface area contributed by atoms with E-state index in [4.69, 9.17) is 0 Å². The van der Waals surface area contributed by atoms with Gasteiger partial charge in [0, 0.05) is 0 Å². The molecule has 0 heteroatoms. The molecule has 3 atom stereocenters. The van der Waals surface area contributed by atoms with E-state index in [2.05, 4.69) is 34.6 Å². The molecular weight excluding hydrogens is 120 g/mol. The highest BCUT2D eigenvalue weighted by atomic mass is 14.3. The van der Waals surface area contributed by atoms with E-state index < -0.39 is 0 Å². The lowest BCUT2D eigenvalue weighted by molar-refractivity contribution is 0.390. The van der Waals surface area contributed by atoms with Gasteiger partial charge < -0.3 is 0 Å². The molecule has 0 aromatic heterocycles. The number of rotatable bonds is 0. The van der Waals surface area contributed by atoms with Crippen molar-refractivity contribution in [3.8, 4) is 0 Å². The lowest BCUT2D eigenvalue weighted by Gasteiger charge is -2.15. The first kappa shape index (κ1) is 7.84. The van der Waals surface area contributed by atoms with Gasteiger partial charge in [-0.15, -0.1) is 0 Å². The first-order chi connectivity index (χ1) is 4.55. The highest BCUT2D eigenvalue weighted by Gasteiger charge is 2.29. The van der Waals surface area contributed by atoms with Gasteiger partial charge in [0.05, 0.1) is 0 Å². The van der Waals surface area contributed by atoms with Crippen molar-refractivity contribution in [3.05, 3.63) is 11.1 Å². The molecule has 1 rings (SSSR count). The molecule has 10 heavy (non-hydrogen) atoms. The summed E-state index contributed by atoms with van der Waals surface area (Å²) < 4.78 is 0. The Kier molecular flexibility index (Phi) is 1.89. The van der Waals surface area contributed by atoms with E-state index >= 15 is 0 Å². The molecule has 0 N–H and O–H groups in total. The minimum Gasteiger partial charge on any atom is -0.0710 e. The van der Waals surface area contributed by atoms with Crippen LogP contribution in [-0.2, 0) is 0 Å². The molecular formula is C10H18. The first-order valence-corrected chi connectivity index (χ1v) is 4.23. The molecule has 0 aromatic carbocycles. The summed E-state index contributed by atoms with van der Waals surface area (Å²) in [4.78, 5) is 0. The van der Waals surface area contributed by atoms with Crippen LogP contribution in [0.5, 0.6) is 0 Å². The van der Waals surface area contributed by atoms with Gasteiger partial charge in [-0.1, -0.05) is 31.9 Å². The smallest absolute Gasteiger partial charge is 0.0200 e. The zero-order valence-corrected chi connectivity index (χ0v) is 7.73. The van der Waals surface area contributed by atoms with Gasteiger partial charge in [0.25, 0.3) is 0 Å². The Bertz CT molecular complexity index is 147. The van der Waals surface area contributed by atoms with E-state index in [-0.39, 0.29) is 0 Å². The summed E-state index contributed by atoms with van der Waals surface area (Å²) in [7, 11) is 0. The molecule has 0 aromatic rings. The van der Waals surface area contributed by atoms with Crippen LogP contribution in [-0.4, -0.2) is 0 Å². The monoisotopic (exact) mass is 138 g/mol. The lowest BCUT2D eigenvalue weighted by atomic mass is 9.90. The van der Waals surface area contributed by atoms with E-state index in [0.29, 0.717) is 0 Å². The molecule has 0 saturated carbocycles. The summed E-state index contributed by atoms with van der Waals surface area (Å²) in [6, 6.07) is 0. The maximum atomic E-state index is 2.36. The SMILES string of the molecule is CC1=C(C)[C@@H](C)C(C)C1C. The standard InChI is InChI=1S/C10H18/c1-6-7(2)9(4)10(5)8(6)3/h6-8H,1-5H3/t6?,7-,8?/m0/s1. The Hall–Kier alpha value is -0.260. The summed E-state index contributed by atoms with van der Waals surface area (Å²) in [6.07, 6.45) is 0. The van der Waals surface area contributed by atoms with Gasteiger partial charge in [-0.2, -0.15) is 0 Å². The third-order valence-corrected chi connectivity index (χ3v) is 3.57. The summed E-state index contributed by atoms with van der Waals surface area (Å²) in [5.74, 6) is 2.49. The minimum absolute atomic E-state index is 0.815. The second kappa shape index (κ2) is 2.41. The van der Waals surface area contributed by atoms with Crippen LogP contribution in [0.1, 0.15) is 34.6 Å². The first-order valence-electron chi connectivity index (χ1n) is 4.23. The molecule has 0 heterocycles. The molecule has 0 aliphatic heterocycles. The van der Waals surface area contributed by atoms with E-state index in [1.165, 1.54) is 0 Å². The molecule has 1 aliphatic rings. The van der Waals surface area contributed by atoms with Gasteiger partial charge in [-0.05, 0) is 31.6 Å². The van der Waals surface area contributed by atoms with Crippen LogP contribution in [0.3, 0.4) is 0 Å². The van der Waals surface area contributed by atoms with Crippen molar-refractivity contribution in [1.29, 1.82) is 0 Å². The van der Waals surface area contributed by atoms with Gasteiger partial charge in [-0.25, -0.2) is 0 Å². The maximum Gasteiger partial charge on any atom is -0.0200 e. The van der Waals surface area contributed by atoms with E-state index in [9.17, 15) is 0 Å².